The number of carbonyl (C=O) groups is 2. The largest absolute Gasteiger partial charge is 0.484 e. The summed E-state index contributed by atoms with van der Waals surface area (Å²) >= 11 is 0. The molecule has 3 saturated carbocycles. The van der Waals surface area contributed by atoms with Crippen LogP contribution in [0.4, 0.5) is 13.2 Å². The number of nitrogens with one attached hydrogen (secondary N) is 3. The third-order valence-corrected chi connectivity index (χ3v) is 7.07. The third-order valence-electron chi connectivity index (χ3n) is 7.07. The Morgan fingerprint density at radius 3 is 2.58 bits per heavy atom. The predicted molar refractivity (Wildman–Crippen MR) is 119 cm³/mol. The van der Waals surface area contributed by atoms with Gasteiger partial charge < -0.3 is 20.5 Å². The number of hydrogen-bond donors (Lipinski definition) is 4. The molecule has 0 radical (unpaired) electrons. The van der Waals surface area contributed by atoms with Gasteiger partial charge in [-0.2, -0.15) is 5.10 Å². The molecule has 13 heteroatoms. The average molecular weight is 504 g/mol. The molecule has 190 valence electrons. The fourth-order valence-electron chi connectivity index (χ4n) is 5.07. The molecule has 0 unspecified atom stereocenters. The topological polar surface area (TPSA) is 142 Å². The highest BCUT2D eigenvalue weighted by Crippen LogP contribution is 2.47. The van der Waals surface area contributed by atoms with Crippen molar-refractivity contribution in [1.29, 1.82) is 0 Å². The van der Waals surface area contributed by atoms with Crippen LogP contribution in [0.5, 0.6) is 5.75 Å². The van der Waals surface area contributed by atoms with E-state index in [2.05, 4.69) is 30.8 Å². The normalized spacial score (nSPS) is 25.2. The van der Waals surface area contributed by atoms with Gasteiger partial charge >= 0.3 is 0 Å². The highest BCUT2D eigenvalue weighted by Gasteiger charge is 2.55. The summed E-state index contributed by atoms with van der Waals surface area (Å²) in [4.78, 5) is 32.6. The first-order valence-electron chi connectivity index (χ1n) is 11.4. The van der Waals surface area contributed by atoms with Crippen molar-refractivity contribution in [3.8, 4) is 5.75 Å². The van der Waals surface area contributed by atoms with Crippen molar-refractivity contribution >= 4 is 22.7 Å². The van der Waals surface area contributed by atoms with E-state index in [1.54, 1.807) is 6.07 Å². The van der Waals surface area contributed by atoms with Crippen LogP contribution in [-0.4, -0.2) is 60.9 Å². The molecule has 3 aromatic rings. The molecule has 2 aromatic heterocycles. The Hall–Kier alpha value is -3.74. The number of aromatic nitrogens is 4. The quantitative estimate of drug-likeness (QED) is 0.386. The van der Waals surface area contributed by atoms with Crippen molar-refractivity contribution in [3.63, 3.8) is 0 Å². The number of aromatic amines is 1. The first kappa shape index (κ1) is 24.0. The summed E-state index contributed by atoms with van der Waals surface area (Å²) in [6.45, 7) is -0.341. The molecule has 6 rings (SSSR count). The van der Waals surface area contributed by atoms with Gasteiger partial charge in [0.05, 0.1) is 41.1 Å². The summed E-state index contributed by atoms with van der Waals surface area (Å²) in [5.41, 5.74) is -1.79. The molecule has 4 N–H and O–H groups in total. The van der Waals surface area contributed by atoms with Gasteiger partial charge in [-0.05, 0) is 32.1 Å². The van der Waals surface area contributed by atoms with Crippen molar-refractivity contribution < 1.29 is 32.6 Å². The zero-order chi connectivity index (χ0) is 25.5. The summed E-state index contributed by atoms with van der Waals surface area (Å²) in [7, 11) is 0. The molecule has 0 aliphatic heterocycles. The molecule has 1 atom stereocenters. The van der Waals surface area contributed by atoms with Gasteiger partial charge in [-0.3, -0.25) is 19.7 Å². The second-order valence-electron chi connectivity index (χ2n) is 9.31. The monoisotopic (exact) mass is 504 g/mol. The number of benzene rings is 1. The van der Waals surface area contributed by atoms with Gasteiger partial charge in [-0.15, -0.1) is 0 Å². The van der Waals surface area contributed by atoms with E-state index >= 15 is 0 Å². The second-order valence-corrected chi connectivity index (χ2v) is 9.31. The first-order valence-corrected chi connectivity index (χ1v) is 11.4. The van der Waals surface area contributed by atoms with Crippen LogP contribution >= 0.6 is 0 Å². The van der Waals surface area contributed by atoms with Crippen molar-refractivity contribution in [1.82, 2.24) is 30.8 Å². The lowest BCUT2D eigenvalue weighted by molar-refractivity contribution is -0.129. The number of hydrogen-bond acceptors (Lipinski definition) is 7. The van der Waals surface area contributed by atoms with Gasteiger partial charge in [0.2, 0.25) is 0 Å². The van der Waals surface area contributed by atoms with Crippen LogP contribution in [0.2, 0.25) is 0 Å². The molecule has 2 heterocycles. The van der Waals surface area contributed by atoms with E-state index < -0.39 is 46.9 Å². The summed E-state index contributed by atoms with van der Waals surface area (Å²) in [6.07, 6.45) is 1.45. The number of fused-ring (bicyclic) bond motifs is 4. The molecule has 2 amide bonds. The van der Waals surface area contributed by atoms with E-state index in [9.17, 15) is 27.9 Å². The summed E-state index contributed by atoms with van der Waals surface area (Å²) in [5.74, 6) is -1.38. The molecule has 3 aliphatic carbocycles. The molecular weight excluding hydrogens is 481 g/mol. The van der Waals surface area contributed by atoms with E-state index in [-0.39, 0.29) is 24.5 Å². The third kappa shape index (κ3) is 4.45. The molecule has 2 bridgehead atoms. The highest BCUT2D eigenvalue weighted by atomic mass is 19.3. The van der Waals surface area contributed by atoms with Crippen LogP contribution in [0.3, 0.4) is 0 Å². The number of ether oxygens (including phenoxy) is 1. The Kier molecular flexibility index (Phi) is 6.02. The van der Waals surface area contributed by atoms with E-state index in [0.717, 1.165) is 12.4 Å². The number of aliphatic hydroxyl groups excluding tert-OH is 1. The molecule has 1 aromatic carbocycles. The second kappa shape index (κ2) is 9.04. The molecule has 36 heavy (non-hydrogen) atoms. The van der Waals surface area contributed by atoms with E-state index in [1.165, 1.54) is 12.3 Å². The Labute approximate surface area is 202 Å². The van der Waals surface area contributed by atoms with Gasteiger partial charge in [0.15, 0.2) is 6.61 Å². The number of aliphatic hydroxyl groups is 1. The smallest absolute Gasteiger partial charge is 0.281 e. The fourth-order valence-corrected chi connectivity index (χ4v) is 5.07. The maximum absolute atomic E-state index is 14.1. The molecule has 3 fully saturated rings. The number of halogens is 3. The highest BCUT2D eigenvalue weighted by molar-refractivity contribution is 5.92. The van der Waals surface area contributed by atoms with Crippen LogP contribution in [0, 0.1) is 5.82 Å². The van der Waals surface area contributed by atoms with E-state index in [4.69, 9.17) is 4.74 Å². The van der Waals surface area contributed by atoms with Crippen LogP contribution in [0.15, 0.2) is 30.7 Å². The number of nitrogens with zero attached hydrogens (tertiary/aromatic N) is 3. The Balaban J connectivity index is 1.18. The Morgan fingerprint density at radius 1 is 1.14 bits per heavy atom. The minimum absolute atomic E-state index is 0.126. The summed E-state index contributed by atoms with van der Waals surface area (Å²) in [5, 5.41) is 23.4. The average Bonchev–Trinajstić information content (AvgIpc) is 3.33. The maximum Gasteiger partial charge on any atom is 0.281 e. The van der Waals surface area contributed by atoms with Gasteiger partial charge in [0, 0.05) is 17.7 Å². The lowest BCUT2D eigenvalue weighted by Gasteiger charge is -2.56. The van der Waals surface area contributed by atoms with Crippen LogP contribution < -0.4 is 15.4 Å². The van der Waals surface area contributed by atoms with E-state index in [1.807, 2.05) is 0 Å². The molecule has 3 aliphatic rings. The Morgan fingerprint density at radius 2 is 1.92 bits per heavy atom. The number of H-pyrrole nitrogens is 1. The summed E-state index contributed by atoms with van der Waals surface area (Å²) < 4.78 is 44.9. The van der Waals surface area contributed by atoms with Crippen molar-refractivity contribution in [2.45, 2.75) is 55.7 Å². The van der Waals surface area contributed by atoms with Gasteiger partial charge in [0.25, 0.3) is 18.2 Å². The molecule has 0 saturated heterocycles. The van der Waals surface area contributed by atoms with Crippen molar-refractivity contribution in [2.24, 2.45) is 0 Å². The maximum atomic E-state index is 14.1. The number of amides is 2. The van der Waals surface area contributed by atoms with Gasteiger partial charge in [0.1, 0.15) is 23.0 Å². The predicted octanol–water partition coefficient (Wildman–Crippen LogP) is 2.17. The number of alkyl halides is 2. The zero-order valence-electron chi connectivity index (χ0n) is 18.9. The van der Waals surface area contributed by atoms with Gasteiger partial charge in [-0.1, -0.05) is 0 Å². The number of carbonyl (C=O) groups excluding carboxylic acids is 2. The van der Waals surface area contributed by atoms with Crippen molar-refractivity contribution in [3.05, 3.63) is 47.9 Å². The SMILES string of the molecule is O=C(COc1cc(F)c2cn[nH]c2c1)NC12CCC(NC(=O)c3cnc(C(F)F)cn3)(CC1)[C@@H](O)C2. The number of rotatable bonds is 7. The van der Waals surface area contributed by atoms with Crippen LogP contribution in [0.1, 0.15) is 54.7 Å². The van der Waals surface area contributed by atoms with Crippen LogP contribution in [-0.2, 0) is 4.79 Å². The molecule has 10 nitrogen and oxygen atoms in total. The minimum atomic E-state index is -2.79. The van der Waals surface area contributed by atoms with Crippen molar-refractivity contribution in [2.75, 3.05) is 6.61 Å². The van der Waals surface area contributed by atoms with Gasteiger partial charge in [-0.25, -0.2) is 18.2 Å². The fraction of sp³-hybridized carbons (Fsp3) is 0.435. The van der Waals surface area contributed by atoms with E-state index in [0.29, 0.717) is 36.6 Å². The zero-order valence-corrected chi connectivity index (χ0v) is 18.9. The molecule has 0 spiro atoms. The first-order chi connectivity index (χ1) is 17.2. The lowest BCUT2D eigenvalue weighted by atomic mass is 9.60. The van der Waals surface area contributed by atoms with Crippen LogP contribution in [0.25, 0.3) is 10.9 Å². The minimum Gasteiger partial charge on any atom is -0.484 e. The molecular formula is C23H23F3N6O4. The Bertz CT molecular complexity index is 1290. The standard InChI is InChI=1S/C23H23F3N6O4/c24-14-5-12(6-15-13(14)8-29-32-15)36-11-19(34)30-22-1-3-23(4-2-22,18(33)7-22)31-21(35)17-10-27-16(9-28-17)20(25)26/h5-6,8-10,18,20,33H,1-4,7,11H2,(H,29,32)(H,30,34)(H,31,35)/t18-,22?,23?/m0/s1. The lowest BCUT2D eigenvalue weighted by Crippen LogP contribution is -2.70. The summed E-state index contributed by atoms with van der Waals surface area (Å²) in [6, 6.07) is 2.72.